The number of benzene rings is 2. The van der Waals surface area contributed by atoms with Gasteiger partial charge in [-0.2, -0.15) is 0 Å². The Bertz CT molecular complexity index is 613. The number of aryl methyl sites for hydroxylation is 1. The molecule has 21 heavy (non-hydrogen) atoms. The van der Waals surface area contributed by atoms with Crippen LogP contribution in [0, 0.1) is 5.92 Å². The Morgan fingerprint density at radius 1 is 1.00 bits per heavy atom. The smallest absolute Gasteiger partial charge is 0.0717 e. The van der Waals surface area contributed by atoms with Crippen LogP contribution in [0.15, 0.2) is 60.7 Å². The molecular formula is C20H22O. The van der Waals surface area contributed by atoms with Gasteiger partial charge in [-0.1, -0.05) is 67.6 Å². The van der Waals surface area contributed by atoms with Crippen LogP contribution in [0.2, 0.25) is 0 Å². The van der Waals surface area contributed by atoms with Crippen LogP contribution >= 0.6 is 0 Å². The molecule has 0 fully saturated rings. The molecule has 1 atom stereocenters. The SMILES string of the molecule is CC(COCc1ccccc1)C1=CCCc2ccccc21. The lowest BCUT2D eigenvalue weighted by Crippen LogP contribution is -2.12. The van der Waals surface area contributed by atoms with Crippen LogP contribution in [0.1, 0.15) is 30.0 Å². The van der Waals surface area contributed by atoms with Gasteiger partial charge in [0, 0.05) is 5.92 Å². The van der Waals surface area contributed by atoms with Crippen LogP contribution in [0.5, 0.6) is 0 Å². The van der Waals surface area contributed by atoms with E-state index in [1.165, 1.54) is 22.3 Å². The largest absolute Gasteiger partial charge is 0.376 e. The molecule has 0 bridgehead atoms. The van der Waals surface area contributed by atoms with Gasteiger partial charge < -0.3 is 4.74 Å². The molecule has 2 aromatic carbocycles. The molecule has 0 spiro atoms. The van der Waals surface area contributed by atoms with Crippen LogP contribution in [-0.2, 0) is 17.8 Å². The van der Waals surface area contributed by atoms with Crippen LogP contribution in [0.4, 0.5) is 0 Å². The first-order chi connectivity index (χ1) is 10.3. The van der Waals surface area contributed by atoms with Gasteiger partial charge >= 0.3 is 0 Å². The summed E-state index contributed by atoms with van der Waals surface area (Å²) < 4.78 is 5.91. The summed E-state index contributed by atoms with van der Waals surface area (Å²) in [5.74, 6) is 0.440. The van der Waals surface area contributed by atoms with E-state index in [1.54, 1.807) is 0 Å². The van der Waals surface area contributed by atoms with E-state index >= 15 is 0 Å². The molecule has 108 valence electrons. The van der Waals surface area contributed by atoms with Crippen LogP contribution in [0.25, 0.3) is 5.57 Å². The molecule has 3 rings (SSSR count). The molecule has 0 saturated heterocycles. The van der Waals surface area contributed by atoms with Crippen molar-refractivity contribution in [2.24, 2.45) is 5.92 Å². The van der Waals surface area contributed by atoms with E-state index in [0.29, 0.717) is 12.5 Å². The van der Waals surface area contributed by atoms with E-state index in [2.05, 4.69) is 61.5 Å². The minimum atomic E-state index is 0.440. The fraction of sp³-hybridized carbons (Fsp3) is 0.300. The highest BCUT2D eigenvalue weighted by molar-refractivity contribution is 5.71. The standard InChI is InChI=1S/C20H22O/c1-16(14-21-15-17-8-3-2-4-9-17)19-13-7-11-18-10-5-6-12-20(18)19/h2-6,8-10,12-13,16H,7,11,14-15H2,1H3. The van der Waals surface area contributed by atoms with Crippen molar-refractivity contribution < 1.29 is 4.74 Å². The van der Waals surface area contributed by atoms with Gasteiger partial charge in [0.1, 0.15) is 0 Å². The third kappa shape index (κ3) is 3.43. The Morgan fingerprint density at radius 2 is 1.76 bits per heavy atom. The zero-order valence-corrected chi connectivity index (χ0v) is 12.6. The Labute approximate surface area is 127 Å². The highest BCUT2D eigenvalue weighted by Crippen LogP contribution is 2.31. The quantitative estimate of drug-likeness (QED) is 0.758. The maximum Gasteiger partial charge on any atom is 0.0717 e. The molecule has 1 aliphatic carbocycles. The lowest BCUT2D eigenvalue weighted by molar-refractivity contribution is 0.106. The number of ether oxygens (including phenoxy) is 1. The molecular weight excluding hydrogens is 256 g/mol. The van der Waals surface area contributed by atoms with Crippen molar-refractivity contribution in [1.29, 1.82) is 0 Å². The summed E-state index contributed by atoms with van der Waals surface area (Å²) in [6, 6.07) is 19.1. The Balaban J connectivity index is 1.61. The van der Waals surface area contributed by atoms with Crippen molar-refractivity contribution in [3.05, 3.63) is 77.4 Å². The van der Waals surface area contributed by atoms with Crippen molar-refractivity contribution in [2.75, 3.05) is 6.61 Å². The molecule has 0 N–H and O–H groups in total. The van der Waals surface area contributed by atoms with E-state index in [-0.39, 0.29) is 0 Å². The van der Waals surface area contributed by atoms with Crippen molar-refractivity contribution in [1.82, 2.24) is 0 Å². The first-order valence-electron chi connectivity index (χ1n) is 7.74. The average Bonchev–Trinajstić information content (AvgIpc) is 2.55. The minimum Gasteiger partial charge on any atom is -0.376 e. The molecule has 1 nitrogen and oxygen atoms in total. The number of fused-ring (bicyclic) bond motifs is 1. The van der Waals surface area contributed by atoms with Gasteiger partial charge in [0.2, 0.25) is 0 Å². The summed E-state index contributed by atoms with van der Waals surface area (Å²) in [5, 5.41) is 0. The maximum absolute atomic E-state index is 5.91. The summed E-state index contributed by atoms with van der Waals surface area (Å²) in [6.07, 6.45) is 4.70. The summed E-state index contributed by atoms with van der Waals surface area (Å²) >= 11 is 0. The molecule has 1 heteroatoms. The van der Waals surface area contributed by atoms with Crippen LogP contribution in [0.3, 0.4) is 0 Å². The van der Waals surface area contributed by atoms with Gasteiger partial charge in [-0.25, -0.2) is 0 Å². The molecule has 0 aromatic heterocycles. The van der Waals surface area contributed by atoms with Gasteiger partial charge in [-0.15, -0.1) is 0 Å². The summed E-state index contributed by atoms with van der Waals surface area (Å²) in [6.45, 7) is 3.73. The highest BCUT2D eigenvalue weighted by Gasteiger charge is 2.17. The Hall–Kier alpha value is -1.86. The highest BCUT2D eigenvalue weighted by atomic mass is 16.5. The van der Waals surface area contributed by atoms with Crippen LogP contribution in [-0.4, -0.2) is 6.61 Å². The maximum atomic E-state index is 5.91. The van der Waals surface area contributed by atoms with E-state index in [9.17, 15) is 0 Å². The van der Waals surface area contributed by atoms with Crippen molar-refractivity contribution in [3.63, 3.8) is 0 Å². The number of rotatable bonds is 5. The normalized spacial score (nSPS) is 15.2. The molecule has 2 aromatic rings. The lowest BCUT2D eigenvalue weighted by atomic mass is 9.85. The fourth-order valence-corrected chi connectivity index (χ4v) is 3.00. The summed E-state index contributed by atoms with van der Waals surface area (Å²) in [4.78, 5) is 0. The van der Waals surface area contributed by atoms with E-state index in [0.717, 1.165) is 19.4 Å². The molecule has 0 aliphatic heterocycles. The summed E-state index contributed by atoms with van der Waals surface area (Å²) in [7, 11) is 0. The number of hydrogen-bond acceptors (Lipinski definition) is 1. The first-order valence-corrected chi connectivity index (χ1v) is 7.74. The first kappa shape index (κ1) is 14.1. The van der Waals surface area contributed by atoms with Gasteiger partial charge in [0.05, 0.1) is 13.2 Å². The van der Waals surface area contributed by atoms with Gasteiger partial charge in [0.15, 0.2) is 0 Å². The zero-order chi connectivity index (χ0) is 14.5. The summed E-state index contributed by atoms with van der Waals surface area (Å²) in [5.41, 5.74) is 5.58. The van der Waals surface area contributed by atoms with Crippen LogP contribution < -0.4 is 0 Å². The molecule has 1 unspecified atom stereocenters. The Kier molecular flexibility index (Phi) is 4.52. The van der Waals surface area contributed by atoms with Gasteiger partial charge in [-0.05, 0) is 35.1 Å². The third-order valence-electron chi connectivity index (χ3n) is 4.12. The van der Waals surface area contributed by atoms with Gasteiger partial charge in [0.25, 0.3) is 0 Å². The zero-order valence-electron chi connectivity index (χ0n) is 12.6. The van der Waals surface area contributed by atoms with E-state index in [4.69, 9.17) is 4.74 Å². The molecule has 0 saturated carbocycles. The second-order valence-corrected chi connectivity index (χ2v) is 5.76. The number of allylic oxidation sites excluding steroid dienone is 1. The monoisotopic (exact) mass is 278 g/mol. The predicted molar refractivity (Wildman–Crippen MR) is 88.0 cm³/mol. The topological polar surface area (TPSA) is 9.23 Å². The molecule has 0 radical (unpaired) electrons. The lowest BCUT2D eigenvalue weighted by Gasteiger charge is -2.23. The second kappa shape index (κ2) is 6.73. The third-order valence-corrected chi connectivity index (χ3v) is 4.12. The van der Waals surface area contributed by atoms with E-state index in [1.807, 2.05) is 6.07 Å². The second-order valence-electron chi connectivity index (χ2n) is 5.76. The van der Waals surface area contributed by atoms with Crippen molar-refractivity contribution >= 4 is 5.57 Å². The van der Waals surface area contributed by atoms with Crippen molar-refractivity contribution in [3.8, 4) is 0 Å². The fourth-order valence-electron chi connectivity index (χ4n) is 3.00. The number of hydrogen-bond donors (Lipinski definition) is 0. The van der Waals surface area contributed by atoms with Crippen molar-refractivity contribution in [2.45, 2.75) is 26.4 Å². The molecule has 0 heterocycles. The predicted octanol–water partition coefficient (Wildman–Crippen LogP) is 4.87. The molecule has 1 aliphatic rings. The minimum absolute atomic E-state index is 0.440. The van der Waals surface area contributed by atoms with E-state index < -0.39 is 0 Å². The van der Waals surface area contributed by atoms with Gasteiger partial charge in [-0.3, -0.25) is 0 Å². The Morgan fingerprint density at radius 3 is 2.62 bits per heavy atom. The average molecular weight is 278 g/mol. The molecule has 0 amide bonds.